The average Bonchev–Trinajstić information content (AvgIpc) is 2.26. The minimum absolute atomic E-state index is 0.0223. The summed E-state index contributed by atoms with van der Waals surface area (Å²) >= 11 is 5.85. The van der Waals surface area contributed by atoms with Gasteiger partial charge in [-0.25, -0.2) is 0 Å². The Morgan fingerprint density at radius 2 is 2.22 bits per heavy atom. The zero-order valence-corrected chi connectivity index (χ0v) is 11.2. The van der Waals surface area contributed by atoms with E-state index in [1.807, 2.05) is 12.1 Å². The number of hydrogen-bond acceptors (Lipinski definition) is 2. The summed E-state index contributed by atoms with van der Waals surface area (Å²) in [5.41, 5.74) is 0.744. The highest BCUT2D eigenvalue weighted by Crippen LogP contribution is 2.28. The van der Waals surface area contributed by atoms with Gasteiger partial charge in [0, 0.05) is 10.7 Å². The van der Waals surface area contributed by atoms with Gasteiger partial charge in [-0.15, -0.1) is 0 Å². The molecule has 2 rings (SSSR count). The van der Waals surface area contributed by atoms with Crippen molar-refractivity contribution < 1.29 is 4.79 Å². The molecule has 1 saturated carbocycles. The molecule has 0 bridgehead atoms. The highest BCUT2D eigenvalue weighted by molar-refractivity contribution is 6.30. The zero-order chi connectivity index (χ0) is 12.8. The molecule has 98 valence electrons. The van der Waals surface area contributed by atoms with Gasteiger partial charge in [0.25, 0.3) is 0 Å². The second-order valence-electron chi connectivity index (χ2n) is 4.82. The summed E-state index contributed by atoms with van der Waals surface area (Å²) in [5, 5.41) is 6.62. The van der Waals surface area contributed by atoms with Crippen molar-refractivity contribution >= 4 is 23.2 Å². The van der Waals surface area contributed by atoms with Gasteiger partial charge in [0.1, 0.15) is 0 Å². The van der Waals surface area contributed by atoms with Crippen molar-refractivity contribution in [3.8, 4) is 0 Å². The number of halogens is 1. The summed E-state index contributed by atoms with van der Waals surface area (Å²) in [5.74, 6) is 0.861. The van der Waals surface area contributed by atoms with Crippen LogP contribution in [0, 0.1) is 5.92 Å². The first-order valence-corrected chi connectivity index (χ1v) is 6.88. The van der Waals surface area contributed by atoms with Crippen LogP contribution >= 0.6 is 11.6 Å². The first kappa shape index (κ1) is 13.4. The molecule has 0 spiro atoms. The van der Waals surface area contributed by atoms with Crippen LogP contribution < -0.4 is 10.6 Å². The van der Waals surface area contributed by atoms with E-state index in [0.717, 1.165) is 18.2 Å². The summed E-state index contributed by atoms with van der Waals surface area (Å²) in [7, 11) is 0. The molecule has 1 aromatic carbocycles. The normalized spacial score (nSPS) is 15.2. The molecule has 4 heteroatoms. The van der Waals surface area contributed by atoms with Crippen LogP contribution in [0.25, 0.3) is 0 Å². The van der Waals surface area contributed by atoms with E-state index in [9.17, 15) is 4.79 Å². The highest BCUT2D eigenvalue weighted by atomic mass is 35.5. The lowest BCUT2D eigenvalue weighted by atomic mass is 9.83. The van der Waals surface area contributed by atoms with Gasteiger partial charge in [-0.3, -0.25) is 4.79 Å². The molecule has 0 radical (unpaired) electrons. The van der Waals surface area contributed by atoms with Gasteiger partial charge in [-0.1, -0.05) is 36.9 Å². The fourth-order valence-corrected chi connectivity index (χ4v) is 2.25. The second kappa shape index (κ2) is 6.76. The number of anilines is 1. The first-order valence-electron chi connectivity index (χ1n) is 6.50. The lowest BCUT2D eigenvalue weighted by molar-refractivity contribution is -0.115. The van der Waals surface area contributed by atoms with Crippen molar-refractivity contribution in [2.45, 2.75) is 25.7 Å². The Hall–Kier alpha value is -1.06. The monoisotopic (exact) mass is 266 g/mol. The Morgan fingerprint density at radius 1 is 1.39 bits per heavy atom. The summed E-state index contributed by atoms with van der Waals surface area (Å²) in [4.78, 5) is 11.6. The molecule has 1 fully saturated rings. The summed E-state index contributed by atoms with van der Waals surface area (Å²) in [6.45, 7) is 1.28. The van der Waals surface area contributed by atoms with Gasteiger partial charge in [0.2, 0.25) is 5.91 Å². The van der Waals surface area contributed by atoms with Gasteiger partial charge in [-0.05, 0) is 37.1 Å². The van der Waals surface area contributed by atoms with Crippen LogP contribution in [0.4, 0.5) is 5.69 Å². The lowest BCUT2D eigenvalue weighted by Gasteiger charge is -2.25. The Morgan fingerprint density at radius 3 is 2.89 bits per heavy atom. The Bertz CT molecular complexity index is 405. The zero-order valence-electron chi connectivity index (χ0n) is 10.4. The van der Waals surface area contributed by atoms with Gasteiger partial charge >= 0.3 is 0 Å². The molecule has 1 aromatic rings. The number of amides is 1. The fraction of sp³-hybridized carbons (Fsp3) is 0.500. The van der Waals surface area contributed by atoms with E-state index in [1.165, 1.54) is 25.7 Å². The number of hydrogen-bond donors (Lipinski definition) is 2. The smallest absolute Gasteiger partial charge is 0.238 e. The molecule has 0 unspecified atom stereocenters. The van der Waals surface area contributed by atoms with E-state index in [0.29, 0.717) is 11.6 Å². The molecular formula is C14H19ClN2O. The van der Waals surface area contributed by atoms with Crippen LogP contribution in [0.15, 0.2) is 24.3 Å². The third-order valence-electron chi connectivity index (χ3n) is 3.35. The molecule has 1 aliphatic carbocycles. The van der Waals surface area contributed by atoms with Crippen LogP contribution in [0.3, 0.4) is 0 Å². The maximum absolute atomic E-state index is 11.6. The van der Waals surface area contributed by atoms with E-state index >= 15 is 0 Å². The van der Waals surface area contributed by atoms with E-state index in [-0.39, 0.29) is 5.91 Å². The van der Waals surface area contributed by atoms with E-state index in [2.05, 4.69) is 10.6 Å². The van der Waals surface area contributed by atoms with Crippen molar-refractivity contribution in [1.29, 1.82) is 0 Å². The van der Waals surface area contributed by atoms with Crippen molar-refractivity contribution in [1.82, 2.24) is 5.32 Å². The predicted octanol–water partition coefficient (Wildman–Crippen LogP) is 3.06. The van der Waals surface area contributed by atoms with Gasteiger partial charge in [-0.2, -0.15) is 0 Å². The van der Waals surface area contributed by atoms with Crippen LogP contribution in [-0.4, -0.2) is 19.0 Å². The standard InChI is InChI=1S/C14H19ClN2O/c15-12-5-2-6-13(9-12)17-14(18)10-16-8-7-11-3-1-4-11/h2,5-6,9,11,16H,1,3-4,7-8,10H2,(H,17,18). The maximum atomic E-state index is 11.6. The van der Waals surface area contributed by atoms with E-state index in [1.54, 1.807) is 12.1 Å². The molecular weight excluding hydrogens is 248 g/mol. The quantitative estimate of drug-likeness (QED) is 0.777. The third kappa shape index (κ3) is 4.31. The van der Waals surface area contributed by atoms with Crippen molar-refractivity contribution in [3.05, 3.63) is 29.3 Å². The number of rotatable bonds is 6. The van der Waals surface area contributed by atoms with Crippen LogP contribution in [-0.2, 0) is 4.79 Å². The van der Waals surface area contributed by atoms with E-state index in [4.69, 9.17) is 11.6 Å². The van der Waals surface area contributed by atoms with Crippen LogP contribution in [0.2, 0.25) is 5.02 Å². The van der Waals surface area contributed by atoms with E-state index < -0.39 is 0 Å². The minimum atomic E-state index is -0.0223. The number of carbonyl (C=O) groups excluding carboxylic acids is 1. The van der Waals surface area contributed by atoms with Crippen molar-refractivity contribution in [2.24, 2.45) is 5.92 Å². The molecule has 1 amide bonds. The Balaban J connectivity index is 1.62. The van der Waals surface area contributed by atoms with Crippen molar-refractivity contribution in [3.63, 3.8) is 0 Å². The summed E-state index contributed by atoms with van der Waals surface area (Å²) < 4.78 is 0. The predicted molar refractivity (Wildman–Crippen MR) is 74.9 cm³/mol. The van der Waals surface area contributed by atoms with Gasteiger partial charge in [0.05, 0.1) is 6.54 Å². The number of benzene rings is 1. The SMILES string of the molecule is O=C(CNCCC1CCC1)Nc1cccc(Cl)c1. The second-order valence-corrected chi connectivity index (χ2v) is 5.26. The van der Waals surface area contributed by atoms with Gasteiger partial charge in [0.15, 0.2) is 0 Å². The molecule has 0 atom stereocenters. The molecule has 0 heterocycles. The molecule has 18 heavy (non-hydrogen) atoms. The van der Waals surface area contributed by atoms with Crippen molar-refractivity contribution in [2.75, 3.05) is 18.4 Å². The fourth-order valence-electron chi connectivity index (χ4n) is 2.06. The Kier molecular flexibility index (Phi) is 5.02. The summed E-state index contributed by atoms with van der Waals surface area (Å²) in [6, 6.07) is 7.18. The number of nitrogens with one attached hydrogen (secondary N) is 2. The minimum Gasteiger partial charge on any atom is -0.325 e. The molecule has 1 aliphatic rings. The lowest BCUT2D eigenvalue weighted by Crippen LogP contribution is -2.30. The topological polar surface area (TPSA) is 41.1 Å². The largest absolute Gasteiger partial charge is 0.325 e. The maximum Gasteiger partial charge on any atom is 0.238 e. The molecule has 0 aromatic heterocycles. The molecule has 0 saturated heterocycles. The highest BCUT2D eigenvalue weighted by Gasteiger charge is 2.16. The van der Waals surface area contributed by atoms with Crippen LogP contribution in [0.5, 0.6) is 0 Å². The molecule has 3 nitrogen and oxygen atoms in total. The molecule has 0 aliphatic heterocycles. The number of carbonyl (C=O) groups is 1. The summed E-state index contributed by atoms with van der Waals surface area (Å²) in [6.07, 6.45) is 5.27. The average molecular weight is 267 g/mol. The third-order valence-corrected chi connectivity index (χ3v) is 3.58. The van der Waals surface area contributed by atoms with Crippen LogP contribution in [0.1, 0.15) is 25.7 Å². The first-order chi connectivity index (χ1) is 8.74. The Labute approximate surface area is 113 Å². The van der Waals surface area contributed by atoms with Gasteiger partial charge < -0.3 is 10.6 Å². The molecule has 2 N–H and O–H groups in total.